The molecule has 0 saturated carbocycles. The third kappa shape index (κ3) is 6.01. The predicted molar refractivity (Wildman–Crippen MR) is 111 cm³/mol. The van der Waals surface area contributed by atoms with Crippen LogP contribution in [0.1, 0.15) is 4.88 Å². The van der Waals surface area contributed by atoms with Crippen molar-refractivity contribution in [3.05, 3.63) is 47.3 Å². The quantitative estimate of drug-likeness (QED) is 0.302. The third-order valence-corrected chi connectivity index (χ3v) is 7.81. The van der Waals surface area contributed by atoms with Gasteiger partial charge in [-0.05, 0) is 24.3 Å². The van der Waals surface area contributed by atoms with Crippen molar-refractivity contribution in [2.45, 2.75) is 15.6 Å². The molecule has 0 amide bonds. The van der Waals surface area contributed by atoms with Gasteiger partial charge in [0, 0.05) is 43.2 Å². The van der Waals surface area contributed by atoms with Gasteiger partial charge in [-0.1, -0.05) is 18.2 Å². The number of guanidine groups is 1. The van der Waals surface area contributed by atoms with E-state index in [9.17, 15) is 8.42 Å². The van der Waals surface area contributed by atoms with Crippen LogP contribution in [0, 0.1) is 0 Å². The van der Waals surface area contributed by atoms with Gasteiger partial charge in [0.05, 0.1) is 6.54 Å². The highest BCUT2D eigenvalue weighted by Crippen LogP contribution is 2.23. The van der Waals surface area contributed by atoms with E-state index in [-0.39, 0.29) is 0 Å². The maximum absolute atomic E-state index is 12.1. The molecule has 0 bridgehead atoms. The first-order chi connectivity index (χ1) is 12.4. The molecule has 2 rings (SSSR count). The van der Waals surface area contributed by atoms with Gasteiger partial charge in [-0.25, -0.2) is 12.7 Å². The molecular formula is C17H24N4O2S3. The van der Waals surface area contributed by atoms with E-state index in [1.165, 1.54) is 34.6 Å². The van der Waals surface area contributed by atoms with Gasteiger partial charge in [0.1, 0.15) is 4.21 Å². The van der Waals surface area contributed by atoms with E-state index in [4.69, 9.17) is 0 Å². The molecule has 0 aliphatic carbocycles. The highest BCUT2D eigenvalue weighted by atomic mass is 32.2. The summed E-state index contributed by atoms with van der Waals surface area (Å²) in [5.41, 5.74) is 0. The molecule has 0 radical (unpaired) electrons. The summed E-state index contributed by atoms with van der Waals surface area (Å²) in [4.78, 5) is 6.37. The summed E-state index contributed by atoms with van der Waals surface area (Å²) in [7, 11) is 1.42. The van der Waals surface area contributed by atoms with Crippen molar-refractivity contribution in [3.8, 4) is 0 Å². The summed E-state index contributed by atoms with van der Waals surface area (Å²) in [6, 6.07) is 13.7. The number of nitrogens with zero attached hydrogens (tertiary/aromatic N) is 2. The molecule has 142 valence electrons. The molecule has 26 heavy (non-hydrogen) atoms. The Bertz CT molecular complexity index is 818. The molecule has 0 aliphatic rings. The van der Waals surface area contributed by atoms with Crippen molar-refractivity contribution in [2.24, 2.45) is 4.99 Å². The maximum Gasteiger partial charge on any atom is 0.252 e. The number of rotatable bonds is 8. The van der Waals surface area contributed by atoms with Crippen LogP contribution in [-0.2, 0) is 16.6 Å². The van der Waals surface area contributed by atoms with Crippen LogP contribution in [0.3, 0.4) is 0 Å². The fraction of sp³-hybridized carbons (Fsp3) is 0.353. The van der Waals surface area contributed by atoms with Crippen LogP contribution in [0.4, 0.5) is 0 Å². The van der Waals surface area contributed by atoms with Gasteiger partial charge in [-0.15, -0.1) is 23.1 Å². The average molecular weight is 413 g/mol. The molecule has 1 aromatic heterocycles. The van der Waals surface area contributed by atoms with Crippen LogP contribution >= 0.6 is 23.1 Å². The molecule has 1 heterocycles. The van der Waals surface area contributed by atoms with Gasteiger partial charge in [0.2, 0.25) is 0 Å². The number of nitrogens with one attached hydrogen (secondary N) is 2. The van der Waals surface area contributed by atoms with Crippen LogP contribution in [0.15, 0.2) is 56.6 Å². The largest absolute Gasteiger partial charge is 0.356 e. The lowest BCUT2D eigenvalue weighted by Crippen LogP contribution is -2.37. The zero-order valence-electron chi connectivity index (χ0n) is 15.1. The van der Waals surface area contributed by atoms with E-state index >= 15 is 0 Å². The minimum atomic E-state index is -3.37. The molecule has 0 atom stereocenters. The number of aliphatic imine (C=N–C) groups is 1. The first-order valence-corrected chi connectivity index (χ1v) is 11.3. The summed E-state index contributed by atoms with van der Waals surface area (Å²) >= 11 is 3.05. The molecule has 0 aliphatic heterocycles. The van der Waals surface area contributed by atoms with Crippen molar-refractivity contribution in [2.75, 3.05) is 33.4 Å². The summed E-state index contributed by atoms with van der Waals surface area (Å²) in [6.45, 7) is 1.31. The monoisotopic (exact) mass is 412 g/mol. The van der Waals surface area contributed by atoms with Crippen molar-refractivity contribution in [3.63, 3.8) is 0 Å². The summed E-state index contributed by atoms with van der Waals surface area (Å²) in [5.74, 6) is 1.62. The molecular weight excluding hydrogens is 388 g/mol. The van der Waals surface area contributed by atoms with Crippen molar-refractivity contribution in [1.82, 2.24) is 14.9 Å². The third-order valence-electron chi connectivity index (χ3n) is 3.43. The highest BCUT2D eigenvalue weighted by Gasteiger charge is 2.19. The standard InChI is InChI=1S/C17H24N4O2S3/c1-18-17(19-11-12-24-14-7-5-4-6-8-14)20-13-15-9-10-16(25-15)26(22,23)21(2)3/h4-10H,11-13H2,1-3H3,(H2,18,19,20). The second-order valence-electron chi connectivity index (χ2n) is 5.52. The van der Waals surface area contributed by atoms with Crippen LogP contribution in [0.5, 0.6) is 0 Å². The SMILES string of the molecule is CN=C(NCCSc1ccccc1)NCc1ccc(S(=O)(=O)N(C)C)s1. The summed E-state index contributed by atoms with van der Waals surface area (Å²) in [6.07, 6.45) is 0. The number of benzene rings is 1. The fourth-order valence-electron chi connectivity index (χ4n) is 2.02. The number of thioether (sulfide) groups is 1. The smallest absolute Gasteiger partial charge is 0.252 e. The Hall–Kier alpha value is -1.55. The predicted octanol–water partition coefficient (Wildman–Crippen LogP) is 2.46. The van der Waals surface area contributed by atoms with Crippen molar-refractivity contribution in [1.29, 1.82) is 0 Å². The minimum Gasteiger partial charge on any atom is -0.356 e. The normalized spacial score (nSPS) is 12.4. The summed E-state index contributed by atoms with van der Waals surface area (Å²) < 4.78 is 25.8. The summed E-state index contributed by atoms with van der Waals surface area (Å²) in [5, 5.41) is 6.47. The molecule has 1 aromatic carbocycles. The number of hydrogen-bond donors (Lipinski definition) is 2. The Balaban J connectivity index is 1.78. The van der Waals surface area contributed by atoms with E-state index in [2.05, 4.69) is 27.8 Å². The zero-order valence-corrected chi connectivity index (χ0v) is 17.5. The second-order valence-corrected chi connectivity index (χ2v) is 10.2. The Morgan fingerprint density at radius 1 is 1.15 bits per heavy atom. The Morgan fingerprint density at radius 3 is 2.54 bits per heavy atom. The Labute approximate surface area is 163 Å². The molecule has 6 nitrogen and oxygen atoms in total. The first kappa shape index (κ1) is 20.8. The van der Waals surface area contributed by atoms with Crippen LogP contribution in [0.2, 0.25) is 0 Å². The fourth-order valence-corrected chi connectivity index (χ4v) is 5.27. The molecule has 2 N–H and O–H groups in total. The Kier molecular flexibility index (Phi) is 7.95. The van der Waals surface area contributed by atoms with Gasteiger partial charge in [-0.2, -0.15) is 0 Å². The van der Waals surface area contributed by atoms with Crippen LogP contribution in [-0.4, -0.2) is 52.1 Å². The van der Waals surface area contributed by atoms with E-state index < -0.39 is 10.0 Å². The van der Waals surface area contributed by atoms with E-state index in [0.717, 1.165) is 17.2 Å². The second kappa shape index (κ2) is 9.96. The number of thiophene rings is 1. The van der Waals surface area contributed by atoms with Gasteiger partial charge >= 0.3 is 0 Å². The number of hydrogen-bond acceptors (Lipinski definition) is 5. The maximum atomic E-state index is 12.1. The number of sulfonamides is 1. The highest BCUT2D eigenvalue weighted by molar-refractivity contribution is 7.99. The Morgan fingerprint density at radius 2 is 1.88 bits per heavy atom. The molecule has 2 aromatic rings. The molecule has 0 unspecified atom stereocenters. The minimum absolute atomic E-state index is 0.349. The molecule has 0 fully saturated rings. The van der Waals surface area contributed by atoms with Gasteiger partial charge < -0.3 is 10.6 Å². The van der Waals surface area contributed by atoms with Gasteiger partial charge in [0.25, 0.3) is 10.0 Å². The van der Waals surface area contributed by atoms with Crippen molar-refractivity contribution < 1.29 is 8.42 Å². The van der Waals surface area contributed by atoms with E-state index in [1.54, 1.807) is 24.9 Å². The lowest BCUT2D eigenvalue weighted by atomic mass is 10.4. The van der Waals surface area contributed by atoms with Crippen LogP contribution in [0.25, 0.3) is 0 Å². The van der Waals surface area contributed by atoms with Crippen molar-refractivity contribution >= 4 is 39.1 Å². The van der Waals surface area contributed by atoms with Gasteiger partial charge in [-0.3, -0.25) is 4.99 Å². The van der Waals surface area contributed by atoms with E-state index in [1.807, 2.05) is 24.3 Å². The average Bonchev–Trinajstić information content (AvgIpc) is 3.11. The lowest BCUT2D eigenvalue weighted by Gasteiger charge is -2.11. The lowest BCUT2D eigenvalue weighted by molar-refractivity contribution is 0.523. The first-order valence-electron chi connectivity index (χ1n) is 8.07. The molecule has 0 spiro atoms. The van der Waals surface area contributed by atoms with Crippen LogP contribution < -0.4 is 10.6 Å². The molecule has 9 heteroatoms. The molecule has 0 saturated heterocycles. The topological polar surface area (TPSA) is 73.8 Å². The van der Waals surface area contributed by atoms with E-state index in [0.29, 0.717) is 16.7 Å². The zero-order chi connectivity index (χ0) is 19.0. The van der Waals surface area contributed by atoms with Gasteiger partial charge in [0.15, 0.2) is 5.96 Å².